The molecule has 2 N–H and O–H groups in total. The Balaban J connectivity index is 1.83. The molecule has 0 aliphatic rings. The van der Waals surface area contributed by atoms with E-state index in [-0.39, 0.29) is 5.91 Å². The number of amides is 1. The van der Waals surface area contributed by atoms with Crippen molar-refractivity contribution in [2.24, 2.45) is 0 Å². The fourth-order valence-corrected chi connectivity index (χ4v) is 2.62. The van der Waals surface area contributed by atoms with Crippen LogP contribution >= 0.6 is 27.3 Å². The maximum Gasteiger partial charge on any atom is 0.244 e. The van der Waals surface area contributed by atoms with Crippen LogP contribution in [0.3, 0.4) is 0 Å². The molecule has 0 bridgehead atoms. The maximum atomic E-state index is 11.5. The normalized spacial score (nSPS) is 10.9. The molecule has 0 aliphatic heterocycles. The van der Waals surface area contributed by atoms with Gasteiger partial charge in [0.1, 0.15) is 0 Å². The lowest BCUT2D eigenvalue weighted by Gasteiger charge is -1.98. The van der Waals surface area contributed by atoms with Gasteiger partial charge in [-0.3, -0.25) is 4.79 Å². The highest BCUT2D eigenvalue weighted by atomic mass is 79.9. The molecule has 3 nitrogen and oxygen atoms in total. The van der Waals surface area contributed by atoms with E-state index in [1.54, 1.807) is 17.4 Å². The summed E-state index contributed by atoms with van der Waals surface area (Å²) in [5.74, 6) is -0.0873. The molecule has 2 aromatic heterocycles. The molecule has 0 aliphatic carbocycles. The molecular weight excluding hydrogens is 300 g/mol. The summed E-state index contributed by atoms with van der Waals surface area (Å²) in [6.45, 7) is 0.542. The molecule has 0 fully saturated rings. The summed E-state index contributed by atoms with van der Waals surface area (Å²) in [7, 11) is 0. The monoisotopic (exact) mass is 310 g/mol. The number of thiophene rings is 1. The maximum absolute atomic E-state index is 11.5. The Hall–Kier alpha value is -1.33. The predicted octanol–water partition coefficient (Wildman–Crippen LogP) is 3.17. The highest BCUT2D eigenvalue weighted by molar-refractivity contribution is 9.11. The van der Waals surface area contributed by atoms with Crippen LogP contribution in [0.25, 0.3) is 6.08 Å². The van der Waals surface area contributed by atoms with Gasteiger partial charge in [0.2, 0.25) is 5.91 Å². The summed E-state index contributed by atoms with van der Waals surface area (Å²) in [6, 6.07) is 5.85. The number of H-pyrrole nitrogens is 1. The van der Waals surface area contributed by atoms with Gasteiger partial charge >= 0.3 is 0 Å². The summed E-state index contributed by atoms with van der Waals surface area (Å²) in [5.41, 5.74) is 1.06. The van der Waals surface area contributed by atoms with Crippen molar-refractivity contribution >= 4 is 39.2 Å². The highest BCUT2D eigenvalue weighted by Crippen LogP contribution is 2.22. The molecule has 0 spiro atoms. The average Bonchev–Trinajstić information content (AvgIpc) is 2.95. The third-order valence-corrected chi connectivity index (χ3v) is 3.71. The highest BCUT2D eigenvalue weighted by Gasteiger charge is 1.98. The van der Waals surface area contributed by atoms with Crippen molar-refractivity contribution in [2.75, 3.05) is 0 Å². The van der Waals surface area contributed by atoms with Crippen LogP contribution < -0.4 is 5.32 Å². The van der Waals surface area contributed by atoms with Gasteiger partial charge in [0.15, 0.2) is 0 Å². The van der Waals surface area contributed by atoms with Crippen LogP contribution in [0.1, 0.15) is 10.4 Å². The molecule has 88 valence electrons. The zero-order chi connectivity index (χ0) is 12.1. The van der Waals surface area contributed by atoms with Crippen molar-refractivity contribution in [1.29, 1.82) is 0 Å². The molecule has 0 radical (unpaired) electrons. The SMILES string of the molecule is O=C(/C=C/c1ccc(Br)s1)NCc1cc[nH]c1. The standard InChI is InChI=1S/C12H11BrN2OS/c13-11-3-1-10(17-11)2-4-12(16)15-8-9-5-6-14-7-9/h1-7,14H,8H2,(H,15,16)/b4-2+. The van der Waals surface area contributed by atoms with Crippen LogP contribution in [0.2, 0.25) is 0 Å². The van der Waals surface area contributed by atoms with Gasteiger partial charge in [-0.15, -0.1) is 11.3 Å². The number of aromatic nitrogens is 1. The Morgan fingerprint density at radius 2 is 2.35 bits per heavy atom. The number of hydrogen-bond acceptors (Lipinski definition) is 2. The van der Waals surface area contributed by atoms with Crippen molar-refractivity contribution in [3.8, 4) is 0 Å². The van der Waals surface area contributed by atoms with Gasteiger partial charge in [-0.2, -0.15) is 0 Å². The van der Waals surface area contributed by atoms with Gasteiger partial charge in [-0.25, -0.2) is 0 Å². The van der Waals surface area contributed by atoms with Crippen LogP contribution in [0, 0.1) is 0 Å². The number of nitrogens with one attached hydrogen (secondary N) is 2. The molecule has 0 saturated carbocycles. The van der Waals surface area contributed by atoms with Crippen molar-refractivity contribution in [3.05, 3.63) is 50.9 Å². The Bertz CT molecular complexity index is 516. The summed E-state index contributed by atoms with van der Waals surface area (Å²) >= 11 is 4.97. The second-order valence-electron chi connectivity index (χ2n) is 3.41. The molecule has 1 amide bonds. The number of rotatable bonds is 4. The minimum atomic E-state index is -0.0873. The second kappa shape index (κ2) is 5.84. The molecule has 0 unspecified atom stereocenters. The van der Waals surface area contributed by atoms with Crippen LogP contribution in [0.5, 0.6) is 0 Å². The van der Waals surface area contributed by atoms with Crippen LogP contribution in [-0.4, -0.2) is 10.9 Å². The van der Waals surface area contributed by atoms with Gasteiger partial charge in [0, 0.05) is 29.9 Å². The molecule has 0 atom stereocenters. The summed E-state index contributed by atoms with van der Waals surface area (Å²) in [6.07, 6.45) is 7.05. The molecular formula is C12H11BrN2OS. The van der Waals surface area contributed by atoms with Crippen molar-refractivity contribution in [3.63, 3.8) is 0 Å². The molecule has 5 heteroatoms. The zero-order valence-electron chi connectivity index (χ0n) is 8.94. The summed E-state index contributed by atoms with van der Waals surface area (Å²) < 4.78 is 1.06. The Labute approximate surface area is 112 Å². The molecule has 2 aromatic rings. The quantitative estimate of drug-likeness (QED) is 0.837. The van der Waals surface area contributed by atoms with E-state index in [4.69, 9.17) is 0 Å². The van der Waals surface area contributed by atoms with E-state index in [2.05, 4.69) is 26.2 Å². The van der Waals surface area contributed by atoms with E-state index in [0.29, 0.717) is 6.54 Å². The molecule has 0 aromatic carbocycles. The lowest BCUT2D eigenvalue weighted by molar-refractivity contribution is -0.116. The number of halogens is 1. The van der Waals surface area contributed by atoms with Crippen LogP contribution in [0.15, 0.2) is 40.5 Å². The number of hydrogen-bond donors (Lipinski definition) is 2. The third-order valence-electron chi connectivity index (χ3n) is 2.12. The fourth-order valence-electron chi connectivity index (χ4n) is 1.29. The molecule has 17 heavy (non-hydrogen) atoms. The van der Waals surface area contributed by atoms with Crippen LogP contribution in [0.4, 0.5) is 0 Å². The molecule has 2 heterocycles. The largest absolute Gasteiger partial charge is 0.367 e. The van der Waals surface area contributed by atoms with Gasteiger partial charge in [0.25, 0.3) is 0 Å². The van der Waals surface area contributed by atoms with E-state index in [0.717, 1.165) is 14.2 Å². The lowest BCUT2D eigenvalue weighted by Crippen LogP contribution is -2.19. The van der Waals surface area contributed by atoms with Gasteiger partial charge < -0.3 is 10.3 Å². The van der Waals surface area contributed by atoms with E-state index >= 15 is 0 Å². The second-order valence-corrected chi connectivity index (χ2v) is 5.91. The molecule has 0 saturated heterocycles. The number of aromatic amines is 1. The first-order chi connectivity index (χ1) is 8.24. The number of carbonyl (C=O) groups is 1. The van der Waals surface area contributed by atoms with E-state index < -0.39 is 0 Å². The van der Waals surface area contributed by atoms with Gasteiger partial charge in [-0.1, -0.05) is 0 Å². The first-order valence-corrected chi connectivity index (χ1v) is 6.68. The third kappa shape index (κ3) is 3.87. The molecule has 2 rings (SSSR count). The predicted molar refractivity (Wildman–Crippen MR) is 73.7 cm³/mol. The van der Waals surface area contributed by atoms with E-state index in [9.17, 15) is 4.79 Å². The Kier molecular flexibility index (Phi) is 4.17. The van der Waals surface area contributed by atoms with Crippen molar-refractivity contribution < 1.29 is 4.79 Å². The minimum absolute atomic E-state index is 0.0873. The fraction of sp³-hybridized carbons (Fsp3) is 0.0833. The lowest BCUT2D eigenvalue weighted by atomic mass is 10.3. The summed E-state index contributed by atoms with van der Waals surface area (Å²) in [5, 5.41) is 2.81. The van der Waals surface area contributed by atoms with Crippen LogP contribution in [-0.2, 0) is 11.3 Å². The number of carbonyl (C=O) groups excluding carboxylic acids is 1. The topological polar surface area (TPSA) is 44.9 Å². The average molecular weight is 311 g/mol. The summed E-state index contributed by atoms with van der Waals surface area (Å²) in [4.78, 5) is 15.5. The van der Waals surface area contributed by atoms with Gasteiger partial charge in [-0.05, 0) is 45.8 Å². The van der Waals surface area contributed by atoms with Gasteiger partial charge in [0.05, 0.1) is 3.79 Å². The Morgan fingerprint density at radius 3 is 3.00 bits per heavy atom. The van der Waals surface area contributed by atoms with E-state index in [1.807, 2.05) is 36.7 Å². The van der Waals surface area contributed by atoms with Crippen molar-refractivity contribution in [1.82, 2.24) is 10.3 Å². The van der Waals surface area contributed by atoms with Crippen molar-refractivity contribution in [2.45, 2.75) is 6.54 Å². The zero-order valence-corrected chi connectivity index (χ0v) is 11.3. The smallest absolute Gasteiger partial charge is 0.244 e. The van der Waals surface area contributed by atoms with E-state index in [1.165, 1.54) is 0 Å². The first-order valence-electron chi connectivity index (χ1n) is 5.07. The Morgan fingerprint density at radius 1 is 1.47 bits per heavy atom. The first kappa shape index (κ1) is 12.1. The minimum Gasteiger partial charge on any atom is -0.367 e.